The van der Waals surface area contributed by atoms with E-state index in [2.05, 4.69) is 62.4 Å². The van der Waals surface area contributed by atoms with Gasteiger partial charge in [-0.3, -0.25) is 0 Å². The maximum atomic E-state index is 6.26. The summed E-state index contributed by atoms with van der Waals surface area (Å²) in [6.07, 6.45) is 0. The van der Waals surface area contributed by atoms with Gasteiger partial charge in [-0.2, -0.15) is 11.1 Å². The molecule has 0 nitrogen and oxygen atoms in total. The molecule has 0 heterocycles. The second-order valence-corrected chi connectivity index (χ2v) is 6.58. The predicted octanol–water partition coefficient (Wildman–Crippen LogP) is 3.72. The Hall–Kier alpha value is -1.05. The van der Waals surface area contributed by atoms with Crippen molar-refractivity contribution in [2.45, 2.75) is 19.4 Å². The van der Waals surface area contributed by atoms with Crippen LogP contribution in [0.25, 0.3) is 0 Å². The average Bonchev–Trinajstić information content (AvgIpc) is 2.35. The molecule has 0 fully saturated rings. The Morgan fingerprint density at radius 1 is 0.765 bits per heavy atom. The van der Waals surface area contributed by atoms with Crippen molar-refractivity contribution in [1.82, 2.24) is 0 Å². The summed E-state index contributed by atoms with van der Waals surface area (Å²) in [5, 5.41) is 0. The van der Waals surface area contributed by atoms with Gasteiger partial charge < -0.3 is 0 Å². The van der Waals surface area contributed by atoms with Crippen molar-refractivity contribution in [2.75, 3.05) is 0 Å². The highest BCUT2D eigenvalue weighted by atomic mass is 35.6. The van der Waals surface area contributed by atoms with E-state index in [0.29, 0.717) is 5.54 Å². The van der Waals surface area contributed by atoms with Crippen LogP contribution < -0.4 is 0 Å². The molecule has 17 heavy (non-hydrogen) atoms. The van der Waals surface area contributed by atoms with Gasteiger partial charge in [0.15, 0.2) is 0 Å². The van der Waals surface area contributed by atoms with Gasteiger partial charge in [0.2, 0.25) is 0 Å². The van der Waals surface area contributed by atoms with Gasteiger partial charge in [0.25, 0.3) is 0 Å². The summed E-state index contributed by atoms with van der Waals surface area (Å²) in [6.45, 7) is 4.23. The Morgan fingerprint density at radius 3 is 1.41 bits per heavy atom. The lowest BCUT2D eigenvalue weighted by atomic mass is 10.0. The lowest BCUT2D eigenvalue weighted by Gasteiger charge is -2.15. The first kappa shape index (κ1) is 12.4. The van der Waals surface area contributed by atoms with Crippen LogP contribution in [0.3, 0.4) is 0 Å². The number of rotatable bonds is 3. The molecule has 2 rings (SSSR count). The maximum absolute atomic E-state index is 6.26. The van der Waals surface area contributed by atoms with Crippen LogP contribution in [0, 0.1) is 13.8 Å². The first-order valence-electron chi connectivity index (χ1n) is 5.90. The van der Waals surface area contributed by atoms with Crippen LogP contribution in [-0.2, 0) is 0 Å². The van der Waals surface area contributed by atoms with Gasteiger partial charge in [-0.05, 0) is 25.0 Å². The molecule has 2 heteroatoms. The molecule has 0 amide bonds. The SMILES string of the molecule is Cc1ccc(C([SiH2]Cl)c2ccc(C)cc2)cc1. The minimum Gasteiger partial charge on any atom is -0.175 e. The van der Waals surface area contributed by atoms with Gasteiger partial charge in [-0.25, -0.2) is 0 Å². The Balaban J connectivity index is 2.33. The lowest BCUT2D eigenvalue weighted by Crippen LogP contribution is -2.05. The van der Waals surface area contributed by atoms with Crippen molar-refractivity contribution in [3.63, 3.8) is 0 Å². The molecular weight excluding hydrogens is 244 g/mol. The molecule has 0 aliphatic heterocycles. The molecule has 0 saturated carbocycles. The first-order valence-corrected chi connectivity index (χ1v) is 8.85. The van der Waals surface area contributed by atoms with Crippen molar-refractivity contribution in [1.29, 1.82) is 0 Å². The van der Waals surface area contributed by atoms with Crippen molar-refractivity contribution >= 4 is 19.9 Å². The highest BCUT2D eigenvalue weighted by Crippen LogP contribution is 2.25. The summed E-state index contributed by atoms with van der Waals surface area (Å²) in [5.41, 5.74) is 5.72. The van der Waals surface area contributed by atoms with Gasteiger partial charge in [0.1, 0.15) is 8.83 Å². The van der Waals surface area contributed by atoms with Gasteiger partial charge in [0.05, 0.1) is 0 Å². The van der Waals surface area contributed by atoms with Crippen LogP contribution in [0.1, 0.15) is 27.8 Å². The third kappa shape index (κ3) is 2.99. The van der Waals surface area contributed by atoms with E-state index in [1.807, 2.05) is 0 Å². The van der Waals surface area contributed by atoms with Crippen molar-refractivity contribution in [2.24, 2.45) is 0 Å². The van der Waals surface area contributed by atoms with Gasteiger partial charge in [-0.15, -0.1) is 0 Å². The van der Waals surface area contributed by atoms with Crippen LogP contribution in [0.4, 0.5) is 0 Å². The van der Waals surface area contributed by atoms with E-state index in [9.17, 15) is 0 Å². The first-order chi connectivity index (χ1) is 8.20. The Morgan fingerprint density at radius 2 is 1.12 bits per heavy atom. The minimum absolute atomic E-state index is 0.429. The second-order valence-electron chi connectivity index (χ2n) is 4.53. The van der Waals surface area contributed by atoms with Gasteiger partial charge >= 0.3 is 0 Å². The molecule has 0 unspecified atom stereocenters. The molecular formula is C15H17ClSi. The molecule has 0 spiro atoms. The molecule has 2 aromatic carbocycles. The highest BCUT2D eigenvalue weighted by molar-refractivity contribution is 6.94. The van der Waals surface area contributed by atoms with Crippen molar-refractivity contribution in [3.8, 4) is 0 Å². The summed E-state index contributed by atoms with van der Waals surface area (Å²) in [4.78, 5) is 0. The molecule has 0 saturated heterocycles. The van der Waals surface area contributed by atoms with Crippen LogP contribution in [0.5, 0.6) is 0 Å². The minimum atomic E-state index is -0.621. The number of hydrogen-bond donors (Lipinski definition) is 0. The zero-order chi connectivity index (χ0) is 12.3. The fraction of sp³-hybridized carbons (Fsp3) is 0.200. The summed E-state index contributed by atoms with van der Waals surface area (Å²) in [7, 11) is -0.621. The van der Waals surface area contributed by atoms with Crippen LogP contribution >= 0.6 is 11.1 Å². The molecule has 0 aliphatic rings. The van der Waals surface area contributed by atoms with Crippen LogP contribution in [-0.4, -0.2) is 8.83 Å². The average molecular weight is 261 g/mol. The zero-order valence-electron chi connectivity index (χ0n) is 10.3. The summed E-state index contributed by atoms with van der Waals surface area (Å²) in [5.74, 6) is 0. The highest BCUT2D eigenvalue weighted by Gasteiger charge is 2.13. The van der Waals surface area contributed by atoms with E-state index in [0.717, 1.165) is 0 Å². The van der Waals surface area contributed by atoms with E-state index in [4.69, 9.17) is 11.1 Å². The lowest BCUT2D eigenvalue weighted by molar-refractivity contribution is 1.13. The number of halogens is 1. The maximum Gasteiger partial charge on any atom is 0.137 e. The van der Waals surface area contributed by atoms with E-state index in [1.54, 1.807) is 0 Å². The van der Waals surface area contributed by atoms with Crippen LogP contribution in [0.15, 0.2) is 48.5 Å². The molecule has 0 atom stereocenters. The second kappa shape index (κ2) is 5.52. The smallest absolute Gasteiger partial charge is 0.137 e. The fourth-order valence-corrected chi connectivity index (χ4v) is 3.94. The van der Waals surface area contributed by atoms with Gasteiger partial charge in [0, 0.05) is 5.54 Å². The molecule has 88 valence electrons. The summed E-state index contributed by atoms with van der Waals surface area (Å²) >= 11 is 6.26. The topological polar surface area (TPSA) is 0 Å². The Bertz CT molecular complexity index is 428. The van der Waals surface area contributed by atoms with E-state index >= 15 is 0 Å². The third-order valence-corrected chi connectivity index (χ3v) is 5.29. The monoisotopic (exact) mass is 260 g/mol. The zero-order valence-corrected chi connectivity index (χ0v) is 12.5. The molecule has 0 N–H and O–H groups in total. The summed E-state index contributed by atoms with van der Waals surface area (Å²) < 4.78 is 0. The number of aryl methyl sites for hydroxylation is 2. The standard InChI is InChI=1S/C15H17ClSi/c1-11-3-7-13(8-4-11)15(17-16)14-9-5-12(2)6-10-14/h3-10,15H,17H2,1-2H3. The molecule has 2 aromatic rings. The molecule has 0 aromatic heterocycles. The molecule has 0 aliphatic carbocycles. The predicted molar refractivity (Wildman–Crippen MR) is 78.6 cm³/mol. The molecule has 0 radical (unpaired) electrons. The summed E-state index contributed by atoms with van der Waals surface area (Å²) in [6, 6.07) is 17.5. The van der Waals surface area contributed by atoms with Crippen LogP contribution in [0.2, 0.25) is 0 Å². The quantitative estimate of drug-likeness (QED) is 0.583. The fourth-order valence-electron chi connectivity index (χ4n) is 1.97. The van der Waals surface area contributed by atoms with E-state index < -0.39 is 8.83 Å². The Kier molecular flexibility index (Phi) is 4.03. The number of hydrogen-bond acceptors (Lipinski definition) is 0. The van der Waals surface area contributed by atoms with Crippen molar-refractivity contribution in [3.05, 3.63) is 70.8 Å². The van der Waals surface area contributed by atoms with E-state index in [1.165, 1.54) is 22.3 Å². The third-order valence-electron chi connectivity index (χ3n) is 3.11. The normalized spacial score (nSPS) is 11.5. The number of benzene rings is 2. The molecule has 0 bridgehead atoms. The largest absolute Gasteiger partial charge is 0.175 e. The van der Waals surface area contributed by atoms with E-state index in [-0.39, 0.29) is 0 Å². The van der Waals surface area contributed by atoms with Gasteiger partial charge in [-0.1, -0.05) is 59.7 Å². The Labute approximate surface area is 110 Å². The van der Waals surface area contributed by atoms with Crippen molar-refractivity contribution < 1.29 is 0 Å².